The van der Waals surface area contributed by atoms with Crippen LogP contribution in [0.3, 0.4) is 0 Å². The maximum absolute atomic E-state index is 11.9. The van der Waals surface area contributed by atoms with Gasteiger partial charge in [-0.15, -0.1) is 11.3 Å². The van der Waals surface area contributed by atoms with Crippen molar-refractivity contribution in [2.24, 2.45) is 0 Å². The third kappa shape index (κ3) is 2.82. The monoisotopic (exact) mass is 307 g/mol. The third-order valence-electron chi connectivity index (χ3n) is 3.53. The smallest absolute Gasteiger partial charge is 0.239 e. The number of aromatic nitrogens is 2. The van der Waals surface area contributed by atoms with Gasteiger partial charge in [-0.25, -0.2) is 9.97 Å². The number of nitrogens with one attached hydrogen (secondary N) is 1. The normalized spacial score (nSPS) is 19.8. The first-order chi connectivity index (χ1) is 10.2. The van der Waals surface area contributed by atoms with Crippen LogP contribution in [0.2, 0.25) is 0 Å². The fourth-order valence-electron chi connectivity index (χ4n) is 2.41. The molecular weight excluding hydrogens is 290 g/mol. The Balaban J connectivity index is 1.83. The lowest BCUT2D eigenvalue weighted by atomic mass is 10.2. The van der Waals surface area contributed by atoms with E-state index in [0.717, 1.165) is 10.2 Å². The number of thiophene rings is 1. The summed E-state index contributed by atoms with van der Waals surface area (Å²) in [5, 5.41) is 5.49. The number of morpholine rings is 1. The lowest BCUT2D eigenvalue weighted by Crippen LogP contribution is -2.52. The molecule has 0 bridgehead atoms. The summed E-state index contributed by atoms with van der Waals surface area (Å²) in [7, 11) is 1.63. The van der Waals surface area contributed by atoms with Crippen LogP contribution in [0.4, 0.5) is 5.82 Å². The lowest BCUT2D eigenvalue weighted by molar-refractivity contribution is -0.132. The number of ether oxygens (including phenoxy) is 1. The zero-order valence-corrected chi connectivity index (χ0v) is 12.5. The van der Waals surface area contributed by atoms with Gasteiger partial charge in [0.2, 0.25) is 5.91 Å². The van der Waals surface area contributed by atoms with E-state index in [1.54, 1.807) is 7.05 Å². The fourth-order valence-corrected chi connectivity index (χ4v) is 3.20. The number of nitrogens with zero attached hydrogens (tertiary/aromatic N) is 3. The van der Waals surface area contributed by atoms with Gasteiger partial charge in [0.25, 0.3) is 0 Å². The van der Waals surface area contributed by atoms with Crippen LogP contribution in [-0.2, 0) is 16.1 Å². The average molecular weight is 307 g/mol. The second kappa shape index (κ2) is 5.92. The Morgan fingerprint density at radius 1 is 1.62 bits per heavy atom. The topological polar surface area (TPSA) is 93.4 Å². The van der Waals surface area contributed by atoms with Gasteiger partial charge in [-0.3, -0.25) is 9.69 Å². The predicted octanol–water partition coefficient (Wildman–Crippen LogP) is 0.220. The van der Waals surface area contributed by atoms with E-state index in [1.807, 2.05) is 16.3 Å². The predicted molar refractivity (Wildman–Crippen MR) is 80.9 cm³/mol. The minimum absolute atomic E-state index is 0.0557. The zero-order valence-electron chi connectivity index (χ0n) is 11.7. The zero-order chi connectivity index (χ0) is 14.8. The highest BCUT2D eigenvalue weighted by atomic mass is 32.1. The third-order valence-corrected chi connectivity index (χ3v) is 4.34. The van der Waals surface area contributed by atoms with Crippen LogP contribution in [0.5, 0.6) is 0 Å². The molecule has 112 valence electrons. The first-order valence-electron chi connectivity index (χ1n) is 6.72. The van der Waals surface area contributed by atoms with Crippen molar-refractivity contribution in [3.8, 4) is 0 Å². The molecule has 3 rings (SSSR count). The Hall–Kier alpha value is -1.77. The Kier molecular flexibility index (Phi) is 4.00. The number of amides is 1. The highest BCUT2D eigenvalue weighted by Crippen LogP contribution is 2.23. The largest absolute Gasteiger partial charge is 0.383 e. The lowest BCUT2D eigenvalue weighted by Gasteiger charge is -2.33. The SMILES string of the molecule is CNC(=O)C1COCCN1Cc1nc(N)c2ccsc2n1. The molecule has 2 aromatic heterocycles. The van der Waals surface area contributed by atoms with Crippen LogP contribution in [0.15, 0.2) is 11.4 Å². The number of carbonyl (C=O) groups excluding carboxylic acids is 1. The van der Waals surface area contributed by atoms with E-state index in [9.17, 15) is 4.79 Å². The first kappa shape index (κ1) is 14.2. The number of carbonyl (C=O) groups is 1. The number of nitrogen functional groups attached to an aromatic ring is 1. The van der Waals surface area contributed by atoms with Gasteiger partial charge < -0.3 is 15.8 Å². The molecule has 0 saturated carbocycles. The van der Waals surface area contributed by atoms with E-state index in [4.69, 9.17) is 10.5 Å². The highest BCUT2D eigenvalue weighted by molar-refractivity contribution is 7.16. The molecule has 0 aliphatic carbocycles. The summed E-state index contributed by atoms with van der Waals surface area (Å²) in [6, 6.07) is 1.61. The molecule has 1 saturated heterocycles. The Morgan fingerprint density at radius 3 is 3.29 bits per heavy atom. The summed E-state index contributed by atoms with van der Waals surface area (Å²) in [5.41, 5.74) is 5.96. The summed E-state index contributed by atoms with van der Waals surface area (Å²) in [4.78, 5) is 23.7. The molecule has 3 heterocycles. The summed E-state index contributed by atoms with van der Waals surface area (Å²) >= 11 is 1.54. The van der Waals surface area contributed by atoms with Crippen LogP contribution in [0.1, 0.15) is 5.82 Å². The van der Waals surface area contributed by atoms with Crippen molar-refractivity contribution in [2.45, 2.75) is 12.6 Å². The molecule has 1 aliphatic rings. The minimum atomic E-state index is -0.312. The van der Waals surface area contributed by atoms with Gasteiger partial charge >= 0.3 is 0 Å². The van der Waals surface area contributed by atoms with Gasteiger partial charge in [-0.1, -0.05) is 0 Å². The highest BCUT2D eigenvalue weighted by Gasteiger charge is 2.29. The standard InChI is InChI=1S/C13H17N5O2S/c1-15-12(19)9-7-20-4-3-18(9)6-10-16-11(14)8-2-5-21-13(8)17-10/h2,5,9H,3-4,6-7H2,1H3,(H,15,19)(H2,14,16,17). The molecule has 2 aromatic rings. The molecule has 21 heavy (non-hydrogen) atoms. The van der Waals surface area contributed by atoms with Gasteiger partial charge in [-0.2, -0.15) is 0 Å². The molecule has 1 amide bonds. The molecule has 1 atom stereocenters. The van der Waals surface area contributed by atoms with Crippen LogP contribution >= 0.6 is 11.3 Å². The Labute approximate surface area is 126 Å². The van der Waals surface area contributed by atoms with Gasteiger partial charge in [0.15, 0.2) is 0 Å². The van der Waals surface area contributed by atoms with Crippen LogP contribution in [0.25, 0.3) is 10.2 Å². The second-order valence-electron chi connectivity index (χ2n) is 4.84. The van der Waals surface area contributed by atoms with Crippen molar-refractivity contribution in [3.05, 3.63) is 17.3 Å². The number of hydrogen-bond acceptors (Lipinski definition) is 7. The summed E-state index contributed by atoms with van der Waals surface area (Å²) < 4.78 is 5.39. The molecule has 1 fully saturated rings. The second-order valence-corrected chi connectivity index (χ2v) is 5.73. The molecular formula is C13H17N5O2S. The van der Waals surface area contributed by atoms with Crippen molar-refractivity contribution in [1.29, 1.82) is 0 Å². The van der Waals surface area contributed by atoms with Crippen molar-refractivity contribution in [2.75, 3.05) is 32.5 Å². The number of hydrogen-bond donors (Lipinski definition) is 2. The van der Waals surface area contributed by atoms with Crippen molar-refractivity contribution in [1.82, 2.24) is 20.2 Å². The Bertz CT molecular complexity index is 659. The van der Waals surface area contributed by atoms with Crippen molar-refractivity contribution < 1.29 is 9.53 Å². The molecule has 3 N–H and O–H groups in total. The number of likely N-dealkylation sites (N-methyl/N-ethyl adjacent to an activating group) is 1. The molecule has 1 unspecified atom stereocenters. The molecule has 8 heteroatoms. The van der Waals surface area contributed by atoms with Crippen LogP contribution in [0, 0.1) is 0 Å². The summed E-state index contributed by atoms with van der Waals surface area (Å²) in [5.74, 6) is 1.07. The number of nitrogens with two attached hydrogens (primary N) is 1. The van der Waals surface area contributed by atoms with Crippen LogP contribution < -0.4 is 11.1 Å². The van der Waals surface area contributed by atoms with E-state index < -0.39 is 0 Å². The van der Waals surface area contributed by atoms with Crippen molar-refractivity contribution >= 4 is 33.3 Å². The van der Waals surface area contributed by atoms with E-state index in [-0.39, 0.29) is 11.9 Å². The fraction of sp³-hybridized carbons (Fsp3) is 0.462. The van der Waals surface area contributed by atoms with Gasteiger partial charge in [0.1, 0.15) is 22.5 Å². The first-order valence-corrected chi connectivity index (χ1v) is 7.60. The average Bonchev–Trinajstić information content (AvgIpc) is 2.96. The van der Waals surface area contributed by atoms with Crippen LogP contribution in [-0.4, -0.2) is 53.6 Å². The minimum Gasteiger partial charge on any atom is -0.383 e. The molecule has 0 radical (unpaired) electrons. The Morgan fingerprint density at radius 2 is 2.48 bits per heavy atom. The molecule has 0 spiro atoms. The number of anilines is 1. The quantitative estimate of drug-likeness (QED) is 0.842. The number of rotatable bonds is 3. The molecule has 7 nitrogen and oxygen atoms in total. The van der Waals surface area contributed by atoms with E-state index in [0.29, 0.717) is 37.9 Å². The molecule has 1 aliphatic heterocycles. The summed E-state index contributed by atoms with van der Waals surface area (Å²) in [6.45, 7) is 2.14. The maximum Gasteiger partial charge on any atom is 0.239 e. The van der Waals surface area contributed by atoms with Gasteiger partial charge in [0, 0.05) is 13.6 Å². The van der Waals surface area contributed by atoms with E-state index in [2.05, 4.69) is 15.3 Å². The van der Waals surface area contributed by atoms with Gasteiger partial charge in [-0.05, 0) is 11.4 Å². The maximum atomic E-state index is 11.9. The van der Waals surface area contributed by atoms with E-state index in [1.165, 1.54) is 11.3 Å². The molecule has 0 aromatic carbocycles. The number of fused-ring (bicyclic) bond motifs is 1. The van der Waals surface area contributed by atoms with E-state index >= 15 is 0 Å². The van der Waals surface area contributed by atoms with Crippen molar-refractivity contribution in [3.63, 3.8) is 0 Å². The van der Waals surface area contributed by atoms with Gasteiger partial charge in [0.05, 0.1) is 25.1 Å². The summed E-state index contributed by atoms with van der Waals surface area (Å²) in [6.07, 6.45) is 0.